The number of para-hydroxylation sites is 1. The van der Waals surface area contributed by atoms with E-state index < -0.39 is 12.0 Å². The summed E-state index contributed by atoms with van der Waals surface area (Å²) in [5.74, 6) is -0.311. The number of carbonyl (C=O) groups is 1. The van der Waals surface area contributed by atoms with Gasteiger partial charge in [0.1, 0.15) is 12.4 Å². The van der Waals surface area contributed by atoms with Crippen LogP contribution in [0.1, 0.15) is 28.3 Å². The van der Waals surface area contributed by atoms with Crippen LogP contribution in [0.15, 0.2) is 66.7 Å². The van der Waals surface area contributed by atoms with E-state index in [-0.39, 0.29) is 13.0 Å². The molecule has 0 spiro atoms. The first-order chi connectivity index (χ1) is 14.0. The van der Waals surface area contributed by atoms with Gasteiger partial charge in [-0.2, -0.15) is 0 Å². The third-order valence-corrected chi connectivity index (χ3v) is 4.69. The van der Waals surface area contributed by atoms with Gasteiger partial charge in [0.25, 0.3) is 0 Å². The fourth-order valence-electron chi connectivity index (χ4n) is 3.28. The van der Waals surface area contributed by atoms with Crippen LogP contribution in [0, 0.1) is 6.92 Å². The largest absolute Gasteiger partial charge is 0.489 e. The zero-order valence-corrected chi connectivity index (χ0v) is 16.3. The molecule has 4 N–H and O–H groups in total. The minimum atomic E-state index is -0.889. The maximum absolute atomic E-state index is 11.1. The van der Waals surface area contributed by atoms with E-state index >= 15 is 0 Å². The highest BCUT2D eigenvalue weighted by Gasteiger charge is 2.10. The van der Waals surface area contributed by atoms with Gasteiger partial charge in [0.15, 0.2) is 0 Å². The molecule has 0 saturated carbocycles. The first-order valence-electron chi connectivity index (χ1n) is 9.46. The molecule has 0 unspecified atom stereocenters. The molecule has 0 aliphatic carbocycles. The second-order valence-corrected chi connectivity index (χ2v) is 7.09. The molecule has 5 heteroatoms. The molecule has 3 aromatic carbocycles. The number of benzene rings is 3. The van der Waals surface area contributed by atoms with Crippen LogP contribution in [-0.4, -0.2) is 22.8 Å². The Morgan fingerprint density at radius 2 is 1.83 bits per heavy atom. The van der Waals surface area contributed by atoms with Crippen LogP contribution in [-0.2, 0) is 17.8 Å². The molecule has 150 valence electrons. The van der Waals surface area contributed by atoms with Crippen molar-refractivity contribution in [3.8, 4) is 16.9 Å². The summed E-state index contributed by atoms with van der Waals surface area (Å²) in [5, 5.41) is 18.4. The Kier molecular flexibility index (Phi) is 6.65. The average Bonchev–Trinajstić information content (AvgIpc) is 2.72. The van der Waals surface area contributed by atoms with E-state index in [1.54, 1.807) is 18.2 Å². The van der Waals surface area contributed by atoms with Crippen LogP contribution in [0.5, 0.6) is 5.75 Å². The van der Waals surface area contributed by atoms with Gasteiger partial charge in [0.05, 0.1) is 19.1 Å². The highest BCUT2D eigenvalue weighted by atomic mass is 16.5. The van der Waals surface area contributed by atoms with E-state index in [1.165, 1.54) is 0 Å². The SMILES string of the molecule is Cc1cc(COc2ccccc2CC(=O)O)cc(-c2cccc([C@H](N)CO)c2)c1. The summed E-state index contributed by atoms with van der Waals surface area (Å²) >= 11 is 0. The normalized spacial score (nSPS) is 11.8. The van der Waals surface area contributed by atoms with Gasteiger partial charge in [-0.1, -0.05) is 54.1 Å². The van der Waals surface area contributed by atoms with Crippen molar-refractivity contribution >= 4 is 5.97 Å². The van der Waals surface area contributed by atoms with E-state index in [0.717, 1.165) is 27.8 Å². The summed E-state index contributed by atoms with van der Waals surface area (Å²) in [6.45, 7) is 2.25. The molecule has 1 atom stereocenters. The number of hydrogen-bond acceptors (Lipinski definition) is 4. The monoisotopic (exact) mass is 391 g/mol. The number of aryl methyl sites for hydroxylation is 1. The molecule has 29 heavy (non-hydrogen) atoms. The lowest BCUT2D eigenvalue weighted by atomic mass is 9.97. The third kappa shape index (κ3) is 5.44. The number of hydrogen-bond donors (Lipinski definition) is 3. The maximum Gasteiger partial charge on any atom is 0.307 e. The molecular formula is C24H25NO4. The highest BCUT2D eigenvalue weighted by Crippen LogP contribution is 2.26. The molecule has 0 heterocycles. The third-order valence-electron chi connectivity index (χ3n) is 4.69. The van der Waals surface area contributed by atoms with Crippen LogP contribution in [0.4, 0.5) is 0 Å². The van der Waals surface area contributed by atoms with Crippen molar-refractivity contribution < 1.29 is 19.7 Å². The van der Waals surface area contributed by atoms with Gasteiger partial charge >= 0.3 is 5.97 Å². The summed E-state index contributed by atoms with van der Waals surface area (Å²) in [5.41, 5.74) is 11.6. The Bertz CT molecular complexity index is 1000. The van der Waals surface area contributed by atoms with Crippen molar-refractivity contribution in [3.63, 3.8) is 0 Å². The fraction of sp³-hybridized carbons (Fsp3) is 0.208. The molecule has 5 nitrogen and oxygen atoms in total. The number of ether oxygens (including phenoxy) is 1. The van der Waals surface area contributed by atoms with Crippen LogP contribution >= 0.6 is 0 Å². The number of aliphatic hydroxyl groups excluding tert-OH is 1. The minimum absolute atomic E-state index is 0.0762. The predicted octanol–water partition coefficient (Wildman–Crippen LogP) is 3.86. The molecule has 0 fully saturated rings. The summed E-state index contributed by atoms with van der Waals surface area (Å²) in [4.78, 5) is 11.1. The van der Waals surface area contributed by atoms with Crippen molar-refractivity contribution in [2.24, 2.45) is 5.73 Å². The quantitative estimate of drug-likeness (QED) is 0.542. The lowest BCUT2D eigenvalue weighted by Gasteiger charge is -2.14. The van der Waals surface area contributed by atoms with E-state index in [4.69, 9.17) is 15.6 Å². The molecule has 0 aliphatic heterocycles. The number of carboxylic acids is 1. The Balaban J connectivity index is 1.83. The van der Waals surface area contributed by atoms with Gasteiger partial charge < -0.3 is 20.7 Å². The standard InChI is InChI=1S/C24H25NO4/c1-16-9-17(15-29-23-8-3-2-5-20(23)13-24(27)28)11-21(10-16)18-6-4-7-19(12-18)22(25)14-26/h2-12,22,26H,13-15,25H2,1H3,(H,27,28)/t22-/m1/s1. The van der Waals surface area contributed by atoms with Gasteiger partial charge in [0.2, 0.25) is 0 Å². The first-order valence-corrected chi connectivity index (χ1v) is 9.46. The molecule has 0 radical (unpaired) electrons. The van der Waals surface area contributed by atoms with Gasteiger partial charge in [-0.05, 0) is 47.4 Å². The van der Waals surface area contributed by atoms with Crippen molar-refractivity contribution in [2.45, 2.75) is 26.0 Å². The smallest absolute Gasteiger partial charge is 0.307 e. The number of rotatable bonds is 8. The van der Waals surface area contributed by atoms with E-state index in [1.807, 2.05) is 43.3 Å². The lowest BCUT2D eigenvalue weighted by Crippen LogP contribution is -2.14. The molecule has 0 amide bonds. The minimum Gasteiger partial charge on any atom is -0.489 e. The molecule has 3 rings (SSSR count). The summed E-state index contributed by atoms with van der Waals surface area (Å²) in [6, 6.07) is 20.8. The fourth-order valence-corrected chi connectivity index (χ4v) is 3.28. The van der Waals surface area contributed by atoms with Crippen LogP contribution in [0.25, 0.3) is 11.1 Å². The van der Waals surface area contributed by atoms with Gasteiger partial charge in [-0.3, -0.25) is 4.79 Å². The maximum atomic E-state index is 11.1. The highest BCUT2D eigenvalue weighted by molar-refractivity contribution is 5.71. The molecule has 3 aromatic rings. The molecule has 0 saturated heterocycles. The number of aliphatic hydroxyl groups is 1. The summed E-state index contributed by atoms with van der Waals surface area (Å²) in [7, 11) is 0. The molecule has 0 bridgehead atoms. The summed E-state index contributed by atoms with van der Waals surface area (Å²) in [6.07, 6.45) is -0.0762. The Morgan fingerprint density at radius 3 is 2.59 bits per heavy atom. The van der Waals surface area contributed by atoms with E-state index in [2.05, 4.69) is 12.1 Å². The van der Waals surface area contributed by atoms with Gasteiger partial charge in [-0.25, -0.2) is 0 Å². The van der Waals surface area contributed by atoms with Crippen LogP contribution in [0.2, 0.25) is 0 Å². The average molecular weight is 391 g/mol. The second kappa shape index (κ2) is 9.37. The first kappa shape index (κ1) is 20.6. The number of aliphatic carboxylic acids is 1. The zero-order chi connectivity index (χ0) is 20.8. The number of nitrogens with two attached hydrogens (primary N) is 1. The van der Waals surface area contributed by atoms with Crippen molar-refractivity contribution in [1.29, 1.82) is 0 Å². The Labute approximate surface area is 170 Å². The Hall–Kier alpha value is -3.15. The van der Waals surface area contributed by atoms with Crippen molar-refractivity contribution in [1.82, 2.24) is 0 Å². The number of carboxylic acid groups (broad SMARTS) is 1. The van der Waals surface area contributed by atoms with Crippen molar-refractivity contribution in [2.75, 3.05) is 6.61 Å². The Morgan fingerprint density at radius 1 is 1.03 bits per heavy atom. The lowest BCUT2D eigenvalue weighted by molar-refractivity contribution is -0.136. The zero-order valence-electron chi connectivity index (χ0n) is 16.3. The van der Waals surface area contributed by atoms with Gasteiger partial charge in [0, 0.05) is 5.56 Å². The topological polar surface area (TPSA) is 92.8 Å². The predicted molar refractivity (Wildman–Crippen MR) is 113 cm³/mol. The van der Waals surface area contributed by atoms with Crippen molar-refractivity contribution in [3.05, 3.63) is 89.0 Å². The molecular weight excluding hydrogens is 366 g/mol. The van der Waals surface area contributed by atoms with Crippen LogP contribution < -0.4 is 10.5 Å². The molecule has 0 aliphatic rings. The van der Waals surface area contributed by atoms with E-state index in [0.29, 0.717) is 17.9 Å². The van der Waals surface area contributed by atoms with Gasteiger partial charge in [-0.15, -0.1) is 0 Å². The van der Waals surface area contributed by atoms with E-state index in [9.17, 15) is 9.90 Å². The second-order valence-electron chi connectivity index (χ2n) is 7.09. The molecule has 0 aromatic heterocycles. The van der Waals surface area contributed by atoms with Crippen LogP contribution in [0.3, 0.4) is 0 Å². The summed E-state index contributed by atoms with van der Waals surface area (Å²) < 4.78 is 5.93.